The lowest BCUT2D eigenvalue weighted by atomic mass is 9.46. The molecule has 0 heterocycles. The Kier molecular flexibility index (Phi) is 7.54. The van der Waals surface area contributed by atoms with E-state index in [1.807, 2.05) is 0 Å². The maximum absolute atomic E-state index is 12.0. The van der Waals surface area contributed by atoms with Gasteiger partial charge >= 0.3 is 5.97 Å². The van der Waals surface area contributed by atoms with Gasteiger partial charge in [-0.05, 0) is 73.5 Å². The molecule has 2 fully saturated rings. The number of rotatable bonds is 8. The summed E-state index contributed by atoms with van der Waals surface area (Å²) in [6.45, 7) is 13.2. The monoisotopic (exact) mass is 380 g/mol. The second-order valence-corrected chi connectivity index (χ2v) is 9.74. The van der Waals surface area contributed by atoms with Crippen LogP contribution in [0, 0.1) is 28.6 Å². The molecule has 0 spiro atoms. The summed E-state index contributed by atoms with van der Waals surface area (Å²) in [6, 6.07) is 0. The first-order valence-corrected chi connectivity index (χ1v) is 10.8. The Bertz CT molecular complexity index is 526. The van der Waals surface area contributed by atoms with Gasteiger partial charge in [0, 0.05) is 6.42 Å². The van der Waals surface area contributed by atoms with Crippen LogP contribution in [0.5, 0.6) is 0 Å². The molecule has 0 amide bonds. The molecule has 5 atom stereocenters. The van der Waals surface area contributed by atoms with E-state index in [9.17, 15) is 4.79 Å². The van der Waals surface area contributed by atoms with Crippen molar-refractivity contribution in [1.82, 2.24) is 0 Å². The normalized spacial score (nSPS) is 35.0. The van der Waals surface area contributed by atoms with Crippen LogP contribution in [0.4, 0.5) is 0 Å². The van der Waals surface area contributed by atoms with Gasteiger partial charge in [-0.25, -0.2) is 0 Å². The number of carbonyl (C=O) groups is 1. The molecule has 0 unspecified atom stereocenters. The largest absolute Gasteiger partial charge is 0.457 e. The van der Waals surface area contributed by atoms with Crippen LogP contribution in [0.1, 0.15) is 79.1 Å². The fourth-order valence-electron chi connectivity index (χ4n) is 5.70. The highest BCUT2D eigenvalue weighted by atomic mass is 16.6. The molecule has 0 aromatic carbocycles. The van der Waals surface area contributed by atoms with Gasteiger partial charge in [-0.15, -0.1) is 0 Å². The molecule has 0 aromatic heterocycles. The molecule has 2 aliphatic carbocycles. The number of fused-ring (bicyclic) bond motifs is 1. The highest BCUT2D eigenvalue weighted by molar-refractivity contribution is 5.69. The van der Waals surface area contributed by atoms with Crippen LogP contribution < -0.4 is 0 Å². The maximum atomic E-state index is 12.0. The summed E-state index contributed by atoms with van der Waals surface area (Å²) in [5, 5.41) is 18.1. The molecular weight excluding hydrogens is 340 g/mol. The van der Waals surface area contributed by atoms with Crippen molar-refractivity contribution in [3.8, 4) is 0 Å². The van der Waals surface area contributed by atoms with E-state index < -0.39 is 6.10 Å². The van der Waals surface area contributed by atoms with Gasteiger partial charge < -0.3 is 14.9 Å². The summed E-state index contributed by atoms with van der Waals surface area (Å²) in [4.78, 5) is 12.0. The number of esters is 1. The Morgan fingerprint density at radius 1 is 1.30 bits per heavy atom. The van der Waals surface area contributed by atoms with Crippen molar-refractivity contribution in [2.45, 2.75) is 85.2 Å². The number of ether oxygens (including phenoxy) is 1. The van der Waals surface area contributed by atoms with Crippen molar-refractivity contribution in [1.29, 1.82) is 0 Å². The summed E-state index contributed by atoms with van der Waals surface area (Å²) in [5.74, 6) is 1.28. The third kappa shape index (κ3) is 4.76. The van der Waals surface area contributed by atoms with E-state index in [0.29, 0.717) is 18.3 Å². The molecule has 4 nitrogen and oxygen atoms in total. The van der Waals surface area contributed by atoms with Gasteiger partial charge in [0.25, 0.3) is 0 Å². The van der Waals surface area contributed by atoms with Crippen molar-refractivity contribution in [3.05, 3.63) is 12.2 Å². The van der Waals surface area contributed by atoms with Crippen LogP contribution in [0.3, 0.4) is 0 Å². The SMILES string of the molecule is C=C1CCC[C@H]2[C@](C)(CC[C@H](C)CC(=O)OC(CO)CO)[C@@H](C)CC[C@]12C. The molecule has 0 bridgehead atoms. The molecule has 2 saturated carbocycles. The van der Waals surface area contributed by atoms with Crippen LogP contribution in [0.15, 0.2) is 12.2 Å². The quantitative estimate of drug-likeness (QED) is 0.481. The molecule has 0 radical (unpaired) electrons. The van der Waals surface area contributed by atoms with Gasteiger partial charge in [-0.2, -0.15) is 0 Å². The molecule has 2 rings (SSSR count). The zero-order valence-corrected chi connectivity index (χ0v) is 17.8. The van der Waals surface area contributed by atoms with Gasteiger partial charge in [0.1, 0.15) is 6.10 Å². The lowest BCUT2D eigenvalue weighted by molar-refractivity contribution is -0.154. The zero-order valence-electron chi connectivity index (χ0n) is 17.8. The van der Waals surface area contributed by atoms with E-state index in [1.165, 1.54) is 37.7 Å². The third-order valence-corrected chi connectivity index (χ3v) is 7.96. The van der Waals surface area contributed by atoms with E-state index in [0.717, 1.165) is 12.8 Å². The molecular formula is C23H40O4. The minimum atomic E-state index is -0.797. The average molecular weight is 381 g/mol. The van der Waals surface area contributed by atoms with E-state index in [4.69, 9.17) is 14.9 Å². The predicted octanol–water partition coefficient (Wildman–Crippen LogP) is 4.49. The summed E-state index contributed by atoms with van der Waals surface area (Å²) in [6.07, 6.45) is 7.92. The Labute approximate surface area is 165 Å². The molecule has 4 heteroatoms. The highest BCUT2D eigenvalue weighted by Gasteiger charge is 2.53. The lowest BCUT2D eigenvalue weighted by Gasteiger charge is -2.59. The first-order chi connectivity index (χ1) is 12.7. The second-order valence-electron chi connectivity index (χ2n) is 9.74. The molecule has 0 aromatic rings. The molecule has 2 aliphatic rings. The number of hydrogen-bond acceptors (Lipinski definition) is 4. The van der Waals surface area contributed by atoms with Crippen LogP contribution >= 0.6 is 0 Å². The van der Waals surface area contributed by atoms with Crippen LogP contribution in [-0.2, 0) is 9.53 Å². The van der Waals surface area contributed by atoms with Gasteiger partial charge in [-0.3, -0.25) is 4.79 Å². The van der Waals surface area contributed by atoms with E-state index in [1.54, 1.807) is 0 Å². The smallest absolute Gasteiger partial charge is 0.306 e. The van der Waals surface area contributed by atoms with Crippen molar-refractivity contribution in [3.63, 3.8) is 0 Å². The fraction of sp³-hybridized carbons (Fsp3) is 0.870. The number of carbonyl (C=O) groups excluding carboxylic acids is 1. The number of aliphatic hydroxyl groups is 2. The standard InChI is InChI=1S/C23H40O4/c1-16(13-21(26)27-19(14-24)15-25)9-11-22(4)18(3)10-12-23(5)17(2)7-6-8-20(22)23/h16,18-20,24-25H,2,6-15H2,1,3-5H3/t16-,18-,20-,22+,23+/m0/s1. The Morgan fingerprint density at radius 2 is 1.96 bits per heavy atom. The second kappa shape index (κ2) is 9.09. The average Bonchev–Trinajstić information content (AvgIpc) is 2.63. The van der Waals surface area contributed by atoms with Gasteiger partial charge in [0.05, 0.1) is 13.2 Å². The summed E-state index contributed by atoms with van der Waals surface area (Å²) in [5.41, 5.74) is 2.01. The topological polar surface area (TPSA) is 66.8 Å². The summed E-state index contributed by atoms with van der Waals surface area (Å²) in [7, 11) is 0. The van der Waals surface area contributed by atoms with Crippen LogP contribution in [0.25, 0.3) is 0 Å². The lowest BCUT2D eigenvalue weighted by Crippen LogP contribution is -2.50. The zero-order chi connectivity index (χ0) is 20.2. The number of hydrogen-bond donors (Lipinski definition) is 2. The fourth-order valence-corrected chi connectivity index (χ4v) is 5.70. The van der Waals surface area contributed by atoms with E-state index >= 15 is 0 Å². The van der Waals surface area contributed by atoms with Crippen molar-refractivity contribution in [2.75, 3.05) is 13.2 Å². The Balaban J connectivity index is 1.97. The Hall–Kier alpha value is -0.870. The number of aliphatic hydroxyl groups excluding tert-OH is 2. The Morgan fingerprint density at radius 3 is 2.59 bits per heavy atom. The number of allylic oxidation sites excluding steroid dienone is 1. The van der Waals surface area contributed by atoms with Crippen LogP contribution in [-0.4, -0.2) is 35.5 Å². The highest BCUT2D eigenvalue weighted by Crippen LogP contribution is 2.62. The van der Waals surface area contributed by atoms with Crippen LogP contribution in [0.2, 0.25) is 0 Å². The van der Waals surface area contributed by atoms with Crippen molar-refractivity contribution in [2.24, 2.45) is 28.6 Å². The minimum absolute atomic E-state index is 0.236. The third-order valence-electron chi connectivity index (χ3n) is 7.96. The van der Waals surface area contributed by atoms with E-state index in [-0.39, 0.29) is 35.9 Å². The van der Waals surface area contributed by atoms with Gasteiger partial charge in [-0.1, -0.05) is 39.8 Å². The molecule has 0 aliphatic heterocycles. The van der Waals surface area contributed by atoms with Gasteiger partial charge in [0.15, 0.2) is 0 Å². The molecule has 27 heavy (non-hydrogen) atoms. The molecule has 2 N–H and O–H groups in total. The van der Waals surface area contributed by atoms with E-state index in [2.05, 4.69) is 34.3 Å². The molecule has 0 saturated heterocycles. The first kappa shape index (κ1) is 22.4. The van der Waals surface area contributed by atoms with Crippen molar-refractivity contribution < 1.29 is 19.7 Å². The summed E-state index contributed by atoms with van der Waals surface area (Å²) >= 11 is 0. The first-order valence-electron chi connectivity index (χ1n) is 10.8. The summed E-state index contributed by atoms with van der Waals surface area (Å²) < 4.78 is 5.12. The predicted molar refractivity (Wildman–Crippen MR) is 108 cm³/mol. The van der Waals surface area contributed by atoms with Crippen molar-refractivity contribution >= 4 is 5.97 Å². The minimum Gasteiger partial charge on any atom is -0.457 e. The maximum Gasteiger partial charge on any atom is 0.306 e. The van der Waals surface area contributed by atoms with Gasteiger partial charge in [0.2, 0.25) is 0 Å². The molecule has 156 valence electrons.